The first-order valence-corrected chi connectivity index (χ1v) is 14.5. The summed E-state index contributed by atoms with van der Waals surface area (Å²) in [6, 6.07) is 0. The fourth-order valence-electron chi connectivity index (χ4n) is 8.43. The minimum Gasteiger partial charge on any atom is -0.457 e. The predicted molar refractivity (Wildman–Crippen MR) is 139 cm³/mol. The number of ether oxygens (including phenoxy) is 3. The van der Waals surface area contributed by atoms with Crippen molar-refractivity contribution in [3.63, 3.8) is 0 Å². The smallest absolute Gasteiger partial charge is 0.308 e. The van der Waals surface area contributed by atoms with E-state index in [1.807, 2.05) is 12.2 Å². The summed E-state index contributed by atoms with van der Waals surface area (Å²) in [6.07, 6.45) is 13.2. The summed E-state index contributed by atoms with van der Waals surface area (Å²) in [4.78, 5) is 38.3. The van der Waals surface area contributed by atoms with Gasteiger partial charge in [-0.05, 0) is 61.7 Å². The largest absolute Gasteiger partial charge is 0.457 e. The molecule has 6 rings (SSSR count). The van der Waals surface area contributed by atoms with Gasteiger partial charge in [0, 0.05) is 17.3 Å². The third-order valence-corrected chi connectivity index (χ3v) is 10.4. The normalized spacial score (nSPS) is 42.1. The van der Waals surface area contributed by atoms with Gasteiger partial charge in [0.25, 0.3) is 0 Å². The molecule has 0 spiro atoms. The summed E-state index contributed by atoms with van der Waals surface area (Å²) in [6.45, 7) is 5.24. The molecule has 7 nitrogen and oxygen atoms in total. The molecular weight excluding hydrogens is 484 g/mol. The van der Waals surface area contributed by atoms with Crippen LogP contribution in [0, 0.1) is 35.0 Å². The number of rotatable bonds is 5. The van der Waals surface area contributed by atoms with Gasteiger partial charge >= 0.3 is 5.97 Å². The lowest BCUT2D eigenvalue weighted by Gasteiger charge is -2.53. The monoisotopic (exact) mass is 524 g/mol. The number of carbonyl (C=O) groups excluding carboxylic acids is 3. The maximum absolute atomic E-state index is 14.0. The van der Waals surface area contributed by atoms with Crippen LogP contribution in [0.25, 0.3) is 0 Å². The third-order valence-electron chi connectivity index (χ3n) is 10.4. The van der Waals surface area contributed by atoms with Crippen molar-refractivity contribution in [1.82, 2.24) is 0 Å². The number of allylic oxidation sites excluding steroid dienone is 4. The van der Waals surface area contributed by atoms with Crippen molar-refractivity contribution < 1.29 is 33.7 Å². The Balaban J connectivity index is 1.35. The zero-order valence-electron chi connectivity index (χ0n) is 22.7. The van der Waals surface area contributed by atoms with E-state index in [0.717, 1.165) is 49.7 Å². The highest BCUT2D eigenvalue weighted by Gasteiger charge is 2.68. The molecule has 1 saturated heterocycles. The average Bonchev–Trinajstić information content (AvgIpc) is 3.42. The lowest BCUT2D eigenvalue weighted by Crippen LogP contribution is -2.53. The maximum atomic E-state index is 14.0. The SMILES string of the molecule is CC(C)C(=O)OCC(=O)C12OC(C3CCCCC3)OC1CC1C2=CC(O)C2C1CCC1=CC(=O)C=CC12C. The standard InChI is InChI=1S/C31H40O7/c1-17(2)28(35)36-16-25(34)31-23-15-24(33)27-21(10-9-19-13-20(32)11-12-30(19,27)3)22(23)14-26(31)37-29(38-31)18-7-5-4-6-8-18/h11-13,15,17-18,21-22,24,26-27,29,33H,4-10,14,16H2,1-3H3. The van der Waals surface area contributed by atoms with Crippen LogP contribution >= 0.6 is 0 Å². The van der Waals surface area contributed by atoms with Crippen molar-refractivity contribution in [3.8, 4) is 0 Å². The molecule has 1 N–H and O–H groups in total. The van der Waals surface area contributed by atoms with Gasteiger partial charge in [-0.2, -0.15) is 0 Å². The van der Waals surface area contributed by atoms with Crippen LogP contribution in [0.15, 0.2) is 35.5 Å². The predicted octanol–water partition coefficient (Wildman–Crippen LogP) is 4.23. The van der Waals surface area contributed by atoms with Crippen molar-refractivity contribution in [1.29, 1.82) is 0 Å². The molecule has 7 heteroatoms. The number of Topliss-reactive ketones (excluding diaryl/α,β-unsaturated/α-hetero) is 1. The molecule has 0 bridgehead atoms. The molecule has 1 aliphatic heterocycles. The van der Waals surface area contributed by atoms with Crippen molar-refractivity contribution in [2.75, 3.05) is 6.61 Å². The number of aliphatic hydroxyl groups excluding tert-OH is 1. The molecule has 0 aromatic rings. The minimum atomic E-state index is -1.33. The van der Waals surface area contributed by atoms with Gasteiger partial charge in [0.15, 0.2) is 24.3 Å². The lowest BCUT2D eigenvalue weighted by atomic mass is 9.52. The van der Waals surface area contributed by atoms with E-state index in [9.17, 15) is 19.5 Å². The van der Waals surface area contributed by atoms with Crippen molar-refractivity contribution in [2.45, 2.75) is 96.2 Å². The Kier molecular flexibility index (Phi) is 6.56. The second-order valence-electron chi connectivity index (χ2n) is 12.8. The average molecular weight is 525 g/mol. The van der Waals surface area contributed by atoms with E-state index in [1.165, 1.54) is 6.42 Å². The fraction of sp³-hybridized carbons (Fsp3) is 0.710. The number of ketones is 2. The van der Waals surface area contributed by atoms with E-state index in [4.69, 9.17) is 14.2 Å². The fourth-order valence-corrected chi connectivity index (χ4v) is 8.43. The number of aliphatic hydroxyl groups is 1. The van der Waals surface area contributed by atoms with E-state index in [2.05, 4.69) is 6.92 Å². The molecule has 206 valence electrons. The lowest BCUT2D eigenvalue weighted by molar-refractivity contribution is -0.162. The first-order valence-electron chi connectivity index (χ1n) is 14.5. The molecule has 0 amide bonds. The highest BCUT2D eigenvalue weighted by atomic mass is 16.7. The van der Waals surface area contributed by atoms with Gasteiger partial charge in [0.05, 0.1) is 12.0 Å². The van der Waals surface area contributed by atoms with Crippen LogP contribution in [0.1, 0.15) is 72.1 Å². The van der Waals surface area contributed by atoms with Crippen LogP contribution in [0.4, 0.5) is 0 Å². The van der Waals surface area contributed by atoms with Gasteiger partial charge < -0.3 is 19.3 Å². The van der Waals surface area contributed by atoms with E-state index < -0.39 is 35.5 Å². The summed E-state index contributed by atoms with van der Waals surface area (Å²) in [5, 5.41) is 11.6. The first-order chi connectivity index (χ1) is 18.1. The van der Waals surface area contributed by atoms with Crippen molar-refractivity contribution in [2.24, 2.45) is 35.0 Å². The number of hydrogen-bond donors (Lipinski definition) is 1. The molecule has 38 heavy (non-hydrogen) atoms. The Morgan fingerprint density at radius 2 is 1.95 bits per heavy atom. The molecule has 8 atom stereocenters. The van der Waals surface area contributed by atoms with Gasteiger partial charge in [-0.1, -0.05) is 57.8 Å². The Labute approximate surface area is 224 Å². The molecular formula is C31H40O7. The van der Waals surface area contributed by atoms with Crippen LogP contribution in [0.2, 0.25) is 0 Å². The summed E-state index contributed by atoms with van der Waals surface area (Å²) in [7, 11) is 0. The molecule has 0 aromatic carbocycles. The van der Waals surface area contributed by atoms with E-state index >= 15 is 0 Å². The van der Waals surface area contributed by atoms with Gasteiger partial charge in [-0.3, -0.25) is 14.4 Å². The zero-order valence-corrected chi connectivity index (χ0v) is 22.7. The quantitative estimate of drug-likeness (QED) is 0.424. The number of esters is 1. The van der Waals surface area contributed by atoms with Gasteiger partial charge in [-0.25, -0.2) is 0 Å². The maximum Gasteiger partial charge on any atom is 0.308 e. The molecule has 0 radical (unpaired) electrons. The van der Waals surface area contributed by atoms with E-state index in [1.54, 1.807) is 26.0 Å². The summed E-state index contributed by atoms with van der Waals surface area (Å²) >= 11 is 0. The zero-order chi connectivity index (χ0) is 26.8. The van der Waals surface area contributed by atoms with Crippen molar-refractivity contribution in [3.05, 3.63) is 35.5 Å². The van der Waals surface area contributed by atoms with Crippen molar-refractivity contribution >= 4 is 17.5 Å². The highest BCUT2D eigenvalue weighted by molar-refractivity contribution is 6.01. The Hall–Kier alpha value is -2.09. The van der Waals surface area contributed by atoms with Gasteiger partial charge in [0.1, 0.15) is 6.10 Å². The molecule has 0 aromatic heterocycles. The minimum absolute atomic E-state index is 0.00361. The molecule has 8 unspecified atom stereocenters. The van der Waals surface area contributed by atoms with E-state index in [0.29, 0.717) is 6.42 Å². The topological polar surface area (TPSA) is 99.1 Å². The van der Waals surface area contributed by atoms with Crippen LogP contribution in [0.3, 0.4) is 0 Å². The second kappa shape index (κ2) is 9.53. The van der Waals surface area contributed by atoms with Crippen LogP contribution in [-0.4, -0.2) is 53.3 Å². The number of fused-ring (bicyclic) bond motifs is 7. The van der Waals surface area contributed by atoms with Crippen LogP contribution in [-0.2, 0) is 28.6 Å². The number of carbonyl (C=O) groups is 3. The summed E-state index contributed by atoms with van der Waals surface area (Å²) in [5.74, 6) is -0.749. The van der Waals surface area contributed by atoms with Gasteiger partial charge in [0.2, 0.25) is 5.78 Å². The third kappa shape index (κ3) is 3.91. The molecule has 5 aliphatic carbocycles. The first kappa shape index (κ1) is 26.1. The summed E-state index contributed by atoms with van der Waals surface area (Å²) < 4.78 is 18.7. The Bertz CT molecular complexity index is 1110. The Morgan fingerprint density at radius 1 is 1.18 bits per heavy atom. The van der Waals surface area contributed by atoms with Crippen LogP contribution < -0.4 is 0 Å². The molecule has 1 heterocycles. The summed E-state index contributed by atoms with van der Waals surface area (Å²) in [5.41, 5.74) is 0.154. The van der Waals surface area contributed by atoms with Gasteiger partial charge in [-0.15, -0.1) is 0 Å². The molecule has 4 fully saturated rings. The second-order valence-corrected chi connectivity index (χ2v) is 12.8. The Morgan fingerprint density at radius 3 is 2.68 bits per heavy atom. The number of hydrogen-bond acceptors (Lipinski definition) is 7. The molecule has 3 saturated carbocycles. The highest BCUT2D eigenvalue weighted by Crippen LogP contribution is 2.63. The van der Waals surface area contributed by atoms with Crippen LogP contribution in [0.5, 0.6) is 0 Å². The molecule has 6 aliphatic rings. The van der Waals surface area contributed by atoms with E-state index in [-0.39, 0.29) is 47.8 Å².